The number of aromatic nitrogens is 1. The van der Waals surface area contributed by atoms with Gasteiger partial charge in [0.2, 0.25) is 5.91 Å². The molecule has 1 aromatic heterocycles. The summed E-state index contributed by atoms with van der Waals surface area (Å²) in [6.45, 7) is 3.06. The normalized spacial score (nSPS) is 12.9. The molecule has 3 rings (SSSR count). The first kappa shape index (κ1) is 17.2. The van der Waals surface area contributed by atoms with E-state index >= 15 is 0 Å². The van der Waals surface area contributed by atoms with Gasteiger partial charge in [-0.2, -0.15) is 0 Å². The lowest BCUT2D eigenvalue weighted by Crippen LogP contribution is -2.33. The molecule has 0 fully saturated rings. The van der Waals surface area contributed by atoms with E-state index in [1.165, 1.54) is 13.0 Å². The maximum atomic E-state index is 12.7. The lowest BCUT2D eigenvalue weighted by atomic mass is 10.1. The number of hydrogen-bond acceptors (Lipinski definition) is 5. The van der Waals surface area contributed by atoms with Crippen LogP contribution in [0.3, 0.4) is 0 Å². The summed E-state index contributed by atoms with van der Waals surface area (Å²) in [5, 5.41) is 6.74. The SMILES string of the molecule is Cc1cc(NC(=O)C(C)S(=O)(=O)Cc2cccc3ccccc23)no1. The molecule has 0 bridgehead atoms. The number of carbonyl (C=O) groups is 1. The second-order valence-corrected chi connectivity index (χ2v) is 8.22. The number of nitrogens with zero attached hydrogens (tertiary/aromatic N) is 1. The van der Waals surface area contributed by atoms with Gasteiger partial charge in [-0.05, 0) is 30.2 Å². The maximum Gasteiger partial charge on any atom is 0.243 e. The van der Waals surface area contributed by atoms with Gasteiger partial charge in [0.1, 0.15) is 11.0 Å². The Bertz CT molecular complexity index is 1020. The lowest BCUT2D eigenvalue weighted by molar-refractivity contribution is -0.115. The second-order valence-electron chi connectivity index (χ2n) is 5.90. The molecule has 0 aliphatic carbocycles. The minimum Gasteiger partial charge on any atom is -0.360 e. The number of hydrogen-bond donors (Lipinski definition) is 1. The zero-order valence-electron chi connectivity index (χ0n) is 13.9. The van der Waals surface area contributed by atoms with Gasteiger partial charge in [-0.3, -0.25) is 4.79 Å². The van der Waals surface area contributed by atoms with Crippen molar-refractivity contribution in [1.29, 1.82) is 0 Å². The summed E-state index contributed by atoms with van der Waals surface area (Å²) in [7, 11) is -3.69. The molecule has 1 heterocycles. The molecule has 0 aliphatic heterocycles. The number of anilines is 1. The summed E-state index contributed by atoms with van der Waals surface area (Å²) >= 11 is 0. The van der Waals surface area contributed by atoms with Crippen LogP contribution in [0.4, 0.5) is 5.82 Å². The van der Waals surface area contributed by atoms with Crippen LogP contribution in [0, 0.1) is 6.92 Å². The Balaban J connectivity index is 1.81. The molecule has 1 atom stereocenters. The van der Waals surface area contributed by atoms with Gasteiger partial charge in [-0.25, -0.2) is 8.42 Å². The van der Waals surface area contributed by atoms with Crippen molar-refractivity contribution >= 4 is 32.3 Å². The number of rotatable bonds is 5. The first-order chi connectivity index (χ1) is 11.9. The predicted octanol–water partition coefficient (Wildman–Crippen LogP) is 3.08. The van der Waals surface area contributed by atoms with Gasteiger partial charge in [-0.15, -0.1) is 0 Å². The van der Waals surface area contributed by atoms with E-state index in [0.29, 0.717) is 11.3 Å². The van der Waals surface area contributed by atoms with Crippen molar-refractivity contribution in [2.75, 3.05) is 5.32 Å². The summed E-state index contributed by atoms with van der Waals surface area (Å²) in [6.07, 6.45) is 0. The fourth-order valence-electron chi connectivity index (χ4n) is 2.58. The summed E-state index contributed by atoms with van der Waals surface area (Å²) in [4.78, 5) is 12.3. The highest BCUT2D eigenvalue weighted by molar-refractivity contribution is 7.92. The van der Waals surface area contributed by atoms with E-state index in [1.807, 2.05) is 36.4 Å². The van der Waals surface area contributed by atoms with Crippen molar-refractivity contribution in [2.45, 2.75) is 24.9 Å². The summed E-state index contributed by atoms with van der Waals surface area (Å²) in [5.74, 6) is -0.106. The van der Waals surface area contributed by atoms with E-state index < -0.39 is 21.0 Å². The Morgan fingerprint density at radius 1 is 1.20 bits per heavy atom. The largest absolute Gasteiger partial charge is 0.360 e. The van der Waals surface area contributed by atoms with Gasteiger partial charge < -0.3 is 9.84 Å². The standard InChI is InChI=1S/C18H18N2O4S/c1-12-10-17(20-24-12)19-18(21)13(2)25(22,23)11-15-8-5-7-14-6-3-4-9-16(14)15/h3-10,13H,11H2,1-2H3,(H,19,20,21). The summed E-state index contributed by atoms with van der Waals surface area (Å²) in [5.41, 5.74) is 0.676. The van der Waals surface area contributed by atoms with Gasteiger partial charge in [0.05, 0.1) is 5.75 Å². The van der Waals surface area contributed by atoms with Gasteiger partial charge in [0, 0.05) is 6.07 Å². The van der Waals surface area contributed by atoms with Gasteiger partial charge >= 0.3 is 0 Å². The van der Waals surface area contributed by atoms with E-state index in [2.05, 4.69) is 10.5 Å². The lowest BCUT2D eigenvalue weighted by Gasteiger charge is -2.13. The van der Waals surface area contributed by atoms with Crippen LogP contribution >= 0.6 is 0 Å². The van der Waals surface area contributed by atoms with Gasteiger partial charge in [-0.1, -0.05) is 47.6 Å². The van der Waals surface area contributed by atoms with E-state index in [9.17, 15) is 13.2 Å². The Kier molecular flexibility index (Phi) is 4.59. The summed E-state index contributed by atoms with van der Waals surface area (Å²) < 4.78 is 30.2. The summed E-state index contributed by atoms with van der Waals surface area (Å²) in [6, 6.07) is 14.6. The van der Waals surface area contributed by atoms with Crippen molar-refractivity contribution in [3.8, 4) is 0 Å². The number of fused-ring (bicyclic) bond motifs is 1. The van der Waals surface area contributed by atoms with Crippen molar-refractivity contribution in [2.24, 2.45) is 0 Å². The van der Waals surface area contributed by atoms with E-state index in [4.69, 9.17) is 4.52 Å². The average Bonchev–Trinajstić information content (AvgIpc) is 2.99. The molecule has 6 nitrogen and oxygen atoms in total. The monoisotopic (exact) mass is 358 g/mol. The Morgan fingerprint density at radius 3 is 2.64 bits per heavy atom. The van der Waals surface area contributed by atoms with Crippen LogP contribution in [0.25, 0.3) is 10.8 Å². The highest BCUT2D eigenvalue weighted by Crippen LogP contribution is 2.22. The molecular formula is C18H18N2O4S. The van der Waals surface area contributed by atoms with E-state index in [1.54, 1.807) is 13.0 Å². The van der Waals surface area contributed by atoms with Gasteiger partial charge in [0.25, 0.3) is 0 Å². The fourth-order valence-corrected chi connectivity index (χ4v) is 3.90. The predicted molar refractivity (Wildman–Crippen MR) is 95.9 cm³/mol. The molecule has 7 heteroatoms. The van der Waals surface area contributed by atoms with E-state index in [0.717, 1.165) is 10.8 Å². The van der Waals surface area contributed by atoms with Crippen LogP contribution in [-0.4, -0.2) is 24.7 Å². The minimum absolute atomic E-state index is 0.203. The molecule has 0 saturated carbocycles. The average molecular weight is 358 g/mol. The van der Waals surface area contributed by atoms with Crippen molar-refractivity contribution in [3.63, 3.8) is 0 Å². The molecule has 0 aliphatic rings. The van der Waals surface area contributed by atoms with Crippen LogP contribution in [0.5, 0.6) is 0 Å². The number of nitrogens with one attached hydrogen (secondary N) is 1. The van der Waals surface area contributed by atoms with Gasteiger partial charge in [0.15, 0.2) is 15.7 Å². The minimum atomic E-state index is -3.69. The number of sulfone groups is 1. The maximum absolute atomic E-state index is 12.7. The van der Waals surface area contributed by atoms with Crippen molar-refractivity contribution in [1.82, 2.24) is 5.16 Å². The van der Waals surface area contributed by atoms with Crippen LogP contribution in [0.2, 0.25) is 0 Å². The molecular weight excluding hydrogens is 340 g/mol. The Hall–Kier alpha value is -2.67. The third-order valence-corrected chi connectivity index (χ3v) is 6.03. The molecule has 130 valence electrons. The zero-order chi connectivity index (χ0) is 18.0. The first-order valence-electron chi connectivity index (χ1n) is 7.79. The number of benzene rings is 2. The number of aryl methyl sites for hydroxylation is 1. The van der Waals surface area contributed by atoms with Crippen LogP contribution in [0.15, 0.2) is 53.1 Å². The smallest absolute Gasteiger partial charge is 0.243 e. The number of carbonyl (C=O) groups excluding carboxylic acids is 1. The fraction of sp³-hybridized carbons (Fsp3) is 0.222. The molecule has 0 radical (unpaired) electrons. The Morgan fingerprint density at radius 2 is 1.92 bits per heavy atom. The molecule has 0 spiro atoms. The van der Waals surface area contributed by atoms with Crippen LogP contribution in [0.1, 0.15) is 18.2 Å². The number of amides is 1. The second kappa shape index (κ2) is 6.68. The first-order valence-corrected chi connectivity index (χ1v) is 9.51. The highest BCUT2D eigenvalue weighted by Gasteiger charge is 2.29. The van der Waals surface area contributed by atoms with Crippen molar-refractivity contribution in [3.05, 3.63) is 59.9 Å². The molecule has 1 amide bonds. The molecule has 0 saturated heterocycles. The van der Waals surface area contributed by atoms with Crippen LogP contribution in [-0.2, 0) is 20.4 Å². The van der Waals surface area contributed by atoms with Crippen molar-refractivity contribution < 1.29 is 17.7 Å². The Labute approximate surface area is 145 Å². The molecule has 1 N–H and O–H groups in total. The highest BCUT2D eigenvalue weighted by atomic mass is 32.2. The molecule has 2 aromatic carbocycles. The van der Waals surface area contributed by atoms with E-state index in [-0.39, 0.29) is 11.6 Å². The topological polar surface area (TPSA) is 89.3 Å². The molecule has 1 unspecified atom stereocenters. The van der Waals surface area contributed by atoms with Crippen LogP contribution < -0.4 is 5.32 Å². The molecule has 3 aromatic rings. The zero-order valence-corrected chi connectivity index (χ0v) is 14.7. The quantitative estimate of drug-likeness (QED) is 0.757. The third-order valence-electron chi connectivity index (χ3n) is 4.02. The molecule has 25 heavy (non-hydrogen) atoms. The third kappa shape index (κ3) is 3.71.